The van der Waals surface area contributed by atoms with Crippen LogP contribution in [0, 0.1) is 0 Å². The maximum absolute atomic E-state index is 5.88. The lowest BCUT2D eigenvalue weighted by molar-refractivity contribution is 0.304. The second-order valence-corrected chi connectivity index (χ2v) is 16.5. The molecule has 0 atom stereocenters. The summed E-state index contributed by atoms with van der Waals surface area (Å²) in [5.74, 6) is 3.45. The molecule has 4 aromatic rings. The molecule has 59 heavy (non-hydrogen) atoms. The van der Waals surface area contributed by atoms with Gasteiger partial charge in [0, 0.05) is 35.9 Å². The van der Waals surface area contributed by atoms with Crippen molar-refractivity contribution in [3.8, 4) is 34.3 Å². The molecule has 6 heteroatoms. The van der Waals surface area contributed by atoms with E-state index in [2.05, 4.69) is 71.9 Å². The van der Waals surface area contributed by atoms with Crippen molar-refractivity contribution in [1.82, 2.24) is 19.9 Å². The molecular formula is C53H82N4O2. The third-order valence-corrected chi connectivity index (χ3v) is 11.1. The number of benzene rings is 2. The highest BCUT2D eigenvalue weighted by atomic mass is 16.5. The third kappa shape index (κ3) is 23.5. The molecule has 0 aliphatic rings. The van der Waals surface area contributed by atoms with Gasteiger partial charge in [-0.05, 0) is 98.2 Å². The van der Waals surface area contributed by atoms with Crippen LogP contribution in [0.5, 0.6) is 11.5 Å². The van der Waals surface area contributed by atoms with E-state index in [-0.39, 0.29) is 0 Å². The highest BCUT2D eigenvalue weighted by Crippen LogP contribution is 2.22. The predicted molar refractivity (Wildman–Crippen MR) is 251 cm³/mol. The van der Waals surface area contributed by atoms with E-state index in [0.717, 1.165) is 73.2 Å². The van der Waals surface area contributed by atoms with Gasteiger partial charge in [0.1, 0.15) is 11.5 Å². The van der Waals surface area contributed by atoms with Gasteiger partial charge < -0.3 is 9.47 Å². The Bertz CT molecular complexity index is 1460. The van der Waals surface area contributed by atoms with Gasteiger partial charge in [-0.25, -0.2) is 19.9 Å². The third-order valence-electron chi connectivity index (χ3n) is 11.1. The zero-order valence-electron chi connectivity index (χ0n) is 38.0. The molecule has 0 saturated heterocycles. The summed E-state index contributed by atoms with van der Waals surface area (Å²) >= 11 is 0. The molecule has 0 aliphatic heterocycles. The van der Waals surface area contributed by atoms with Crippen molar-refractivity contribution in [2.75, 3.05) is 13.2 Å². The zero-order valence-corrected chi connectivity index (χ0v) is 38.0. The highest BCUT2D eigenvalue weighted by Gasteiger charge is 2.05. The normalized spacial score (nSPS) is 11.0. The van der Waals surface area contributed by atoms with Crippen LogP contribution in [-0.4, -0.2) is 33.1 Å². The van der Waals surface area contributed by atoms with Gasteiger partial charge >= 0.3 is 0 Å². The van der Waals surface area contributed by atoms with Crippen LogP contribution < -0.4 is 9.47 Å². The van der Waals surface area contributed by atoms with Crippen molar-refractivity contribution >= 4 is 0 Å². The molecule has 2 aromatic carbocycles. The quantitative estimate of drug-likeness (QED) is 0.0447. The number of aryl methyl sites for hydroxylation is 2. The molecule has 0 aliphatic carbocycles. The van der Waals surface area contributed by atoms with Gasteiger partial charge in [0.2, 0.25) is 0 Å². The number of nitrogens with zero attached hydrogens (tertiary/aromatic N) is 4. The lowest BCUT2D eigenvalue weighted by atomic mass is 10.1. The Morgan fingerprint density at radius 3 is 0.898 bits per heavy atom. The second-order valence-electron chi connectivity index (χ2n) is 16.5. The molecule has 0 unspecified atom stereocenters. The van der Waals surface area contributed by atoms with Crippen LogP contribution in [0.15, 0.2) is 73.3 Å². The Balaban J connectivity index is 0.000000316. The van der Waals surface area contributed by atoms with Crippen LogP contribution in [0.4, 0.5) is 0 Å². The molecule has 6 nitrogen and oxygen atoms in total. The van der Waals surface area contributed by atoms with Crippen molar-refractivity contribution in [2.45, 2.75) is 201 Å². The maximum atomic E-state index is 5.88. The maximum Gasteiger partial charge on any atom is 0.159 e. The first-order valence-electron chi connectivity index (χ1n) is 24.2. The Hall–Kier alpha value is -3.80. The van der Waals surface area contributed by atoms with Crippen LogP contribution in [0.2, 0.25) is 0 Å². The topological polar surface area (TPSA) is 70.0 Å². The molecular weight excluding hydrogens is 725 g/mol. The number of ether oxygens (including phenoxy) is 2. The second kappa shape index (κ2) is 34.0. The van der Waals surface area contributed by atoms with E-state index in [1.54, 1.807) is 0 Å². The number of aromatic nitrogens is 4. The first kappa shape index (κ1) is 49.6. The fourth-order valence-corrected chi connectivity index (χ4v) is 7.21. The van der Waals surface area contributed by atoms with E-state index in [4.69, 9.17) is 9.47 Å². The predicted octanol–water partition coefficient (Wildman–Crippen LogP) is 16.0. The Kier molecular flexibility index (Phi) is 28.5. The summed E-state index contributed by atoms with van der Waals surface area (Å²) < 4.78 is 11.7. The lowest BCUT2D eigenvalue weighted by Crippen LogP contribution is -1.97. The number of rotatable bonds is 33. The van der Waals surface area contributed by atoms with E-state index in [0.29, 0.717) is 0 Å². The molecule has 4 rings (SSSR count). The van der Waals surface area contributed by atoms with Crippen molar-refractivity contribution in [3.63, 3.8) is 0 Å². The largest absolute Gasteiger partial charge is 0.494 e. The molecule has 0 saturated carbocycles. The number of hydrogen-bond donors (Lipinski definition) is 0. The van der Waals surface area contributed by atoms with E-state index < -0.39 is 0 Å². The van der Waals surface area contributed by atoms with Crippen LogP contribution in [-0.2, 0) is 12.8 Å². The molecule has 0 amide bonds. The molecule has 0 radical (unpaired) electrons. The molecule has 326 valence electrons. The standard InChI is InChI=1S/C27H42N2O.C26H40N2O/c1-3-5-7-9-11-12-14-16-24-22-28-27(29-23-24)25-17-19-26(20-18-25)30-21-15-13-10-8-6-4-2;1-3-5-7-9-10-12-14-20-29-25-18-16-24(17-19-25)26-27-21-23(22-28-26)15-13-11-8-6-4-2/h17-20,22-23H,3-16,21H2,1-2H3;16-19,21-22H,3-15,20H2,1-2H3. The van der Waals surface area contributed by atoms with Crippen molar-refractivity contribution in [1.29, 1.82) is 0 Å². The van der Waals surface area contributed by atoms with E-state index in [1.165, 1.54) is 159 Å². The minimum atomic E-state index is 0.790. The van der Waals surface area contributed by atoms with Crippen molar-refractivity contribution in [2.24, 2.45) is 0 Å². The Labute approximate surface area is 361 Å². The van der Waals surface area contributed by atoms with Crippen LogP contribution in [0.3, 0.4) is 0 Å². The van der Waals surface area contributed by atoms with Gasteiger partial charge in [-0.15, -0.1) is 0 Å². The number of unbranched alkanes of at least 4 members (excludes halogenated alkanes) is 21. The van der Waals surface area contributed by atoms with E-state index >= 15 is 0 Å². The molecule has 2 heterocycles. The smallest absolute Gasteiger partial charge is 0.159 e. The summed E-state index contributed by atoms with van der Waals surface area (Å²) in [6.07, 6.45) is 42.8. The summed E-state index contributed by atoms with van der Waals surface area (Å²) in [7, 11) is 0. The van der Waals surface area contributed by atoms with Gasteiger partial charge in [0.15, 0.2) is 11.6 Å². The van der Waals surface area contributed by atoms with Gasteiger partial charge in [-0.2, -0.15) is 0 Å². The van der Waals surface area contributed by atoms with Gasteiger partial charge in [-0.1, -0.05) is 163 Å². The first-order valence-corrected chi connectivity index (χ1v) is 24.2. The fourth-order valence-electron chi connectivity index (χ4n) is 7.21. The summed E-state index contributed by atoms with van der Waals surface area (Å²) in [6.45, 7) is 10.6. The first-order chi connectivity index (χ1) is 29.2. The average molecular weight is 807 g/mol. The molecule has 0 fully saturated rings. The van der Waals surface area contributed by atoms with Crippen molar-refractivity contribution < 1.29 is 9.47 Å². The molecule has 0 bridgehead atoms. The molecule has 0 N–H and O–H groups in total. The van der Waals surface area contributed by atoms with Gasteiger partial charge in [0.25, 0.3) is 0 Å². The van der Waals surface area contributed by atoms with Crippen LogP contribution in [0.25, 0.3) is 22.8 Å². The van der Waals surface area contributed by atoms with E-state index in [1.807, 2.05) is 49.1 Å². The van der Waals surface area contributed by atoms with E-state index in [9.17, 15) is 0 Å². The van der Waals surface area contributed by atoms with Crippen molar-refractivity contribution in [3.05, 3.63) is 84.4 Å². The Morgan fingerprint density at radius 2 is 0.593 bits per heavy atom. The fraction of sp³-hybridized carbons (Fsp3) is 0.623. The van der Waals surface area contributed by atoms with Crippen LogP contribution >= 0.6 is 0 Å². The summed E-state index contributed by atoms with van der Waals surface area (Å²) in [6, 6.07) is 16.3. The Morgan fingerprint density at radius 1 is 0.322 bits per heavy atom. The van der Waals surface area contributed by atoms with Crippen LogP contribution in [0.1, 0.15) is 199 Å². The monoisotopic (exact) mass is 807 g/mol. The highest BCUT2D eigenvalue weighted by molar-refractivity contribution is 5.56. The SMILES string of the molecule is CCCCCCCCCOc1ccc(-c2ncc(CCCCCCC)cn2)cc1.CCCCCCCCCc1cnc(-c2ccc(OCCCCCCCC)cc2)nc1. The summed E-state index contributed by atoms with van der Waals surface area (Å²) in [5, 5.41) is 0. The summed E-state index contributed by atoms with van der Waals surface area (Å²) in [5.41, 5.74) is 4.57. The number of hydrogen-bond acceptors (Lipinski definition) is 6. The minimum absolute atomic E-state index is 0.790. The van der Waals surface area contributed by atoms with Gasteiger partial charge in [0.05, 0.1) is 13.2 Å². The molecule has 0 spiro atoms. The minimum Gasteiger partial charge on any atom is -0.494 e. The average Bonchev–Trinajstić information content (AvgIpc) is 3.28. The zero-order chi connectivity index (χ0) is 41.9. The lowest BCUT2D eigenvalue weighted by Gasteiger charge is -2.07. The summed E-state index contributed by atoms with van der Waals surface area (Å²) in [4.78, 5) is 18.3. The van der Waals surface area contributed by atoms with Gasteiger partial charge in [-0.3, -0.25) is 0 Å². The molecule has 2 aromatic heterocycles.